The second-order valence-corrected chi connectivity index (χ2v) is 6.85. The maximum atomic E-state index is 12.1. The van der Waals surface area contributed by atoms with Crippen LogP contribution in [-0.4, -0.2) is 36.9 Å². The summed E-state index contributed by atoms with van der Waals surface area (Å²) in [5.41, 5.74) is 0.174. The Morgan fingerprint density at radius 3 is 2.67 bits per heavy atom. The minimum atomic E-state index is -0.537. The summed E-state index contributed by atoms with van der Waals surface area (Å²) in [5.74, 6) is -0.298. The van der Waals surface area contributed by atoms with Gasteiger partial charge in [-0.15, -0.1) is 0 Å². The summed E-state index contributed by atoms with van der Waals surface area (Å²) in [4.78, 5) is 24.2. The average Bonchev–Trinajstić information content (AvgIpc) is 2.67. The van der Waals surface area contributed by atoms with Crippen molar-refractivity contribution in [3.8, 4) is 11.5 Å². The molecule has 1 aromatic carbocycles. The molecule has 1 N–H and O–H groups in total. The number of ether oxygens (including phenoxy) is 3. The topological polar surface area (TPSA) is 82.1 Å². The zero-order valence-corrected chi connectivity index (χ0v) is 15.8. The molecule has 27 heavy (non-hydrogen) atoms. The molecule has 0 aromatic heterocycles. The highest BCUT2D eigenvalue weighted by Crippen LogP contribution is 2.38. The van der Waals surface area contributed by atoms with Gasteiger partial charge >= 0.3 is 11.9 Å². The highest BCUT2D eigenvalue weighted by Gasteiger charge is 2.39. The van der Waals surface area contributed by atoms with E-state index in [2.05, 4.69) is 6.58 Å². The van der Waals surface area contributed by atoms with E-state index in [0.717, 1.165) is 0 Å². The predicted octanol–water partition coefficient (Wildman–Crippen LogP) is 3.64. The number of rotatable bonds is 7. The first-order valence-corrected chi connectivity index (χ1v) is 8.92. The molecule has 146 valence electrons. The van der Waals surface area contributed by atoms with E-state index >= 15 is 0 Å². The molecule has 0 spiro atoms. The van der Waals surface area contributed by atoms with Crippen molar-refractivity contribution in [3.05, 3.63) is 42.5 Å². The standard InChI is InChI=1S/C21H26O6/c1-4-13-26-20(24)21(2)11-9-16(10-12-21)27-19(23)8-6-15-5-7-17(22)18(14-15)25-3/h4-8,14,16,22H,1,9-13H2,2-3H3/b8-6-. The number of methoxy groups -OCH3 is 1. The molecule has 0 saturated heterocycles. The summed E-state index contributed by atoms with van der Waals surface area (Å²) in [6.45, 7) is 5.63. The molecule has 1 aromatic rings. The molecule has 0 atom stereocenters. The Kier molecular flexibility index (Phi) is 7.05. The Hall–Kier alpha value is -2.76. The minimum absolute atomic E-state index is 0.0362. The lowest BCUT2D eigenvalue weighted by Gasteiger charge is -2.34. The van der Waals surface area contributed by atoms with Crippen LogP contribution in [0, 0.1) is 5.41 Å². The lowest BCUT2D eigenvalue weighted by Crippen LogP contribution is -2.37. The van der Waals surface area contributed by atoms with Crippen molar-refractivity contribution in [3.63, 3.8) is 0 Å². The maximum absolute atomic E-state index is 12.1. The number of hydrogen-bond acceptors (Lipinski definition) is 6. The summed E-state index contributed by atoms with van der Waals surface area (Å²) in [6.07, 6.45) is 6.74. The molecule has 0 heterocycles. The fourth-order valence-electron chi connectivity index (χ4n) is 3.02. The van der Waals surface area contributed by atoms with E-state index in [1.165, 1.54) is 19.3 Å². The molecule has 0 aliphatic heterocycles. The predicted molar refractivity (Wildman–Crippen MR) is 101 cm³/mol. The number of phenols is 1. The second-order valence-electron chi connectivity index (χ2n) is 6.85. The second kappa shape index (κ2) is 9.26. The molecular formula is C21H26O6. The minimum Gasteiger partial charge on any atom is -0.504 e. The van der Waals surface area contributed by atoms with Gasteiger partial charge in [0.05, 0.1) is 12.5 Å². The van der Waals surface area contributed by atoms with Crippen molar-refractivity contribution in [2.24, 2.45) is 5.41 Å². The van der Waals surface area contributed by atoms with Crippen LogP contribution in [-0.2, 0) is 19.1 Å². The summed E-state index contributed by atoms with van der Waals surface area (Å²) < 4.78 is 15.7. The van der Waals surface area contributed by atoms with Gasteiger partial charge in [0.1, 0.15) is 12.7 Å². The first-order chi connectivity index (χ1) is 12.9. The van der Waals surface area contributed by atoms with Gasteiger partial charge in [-0.05, 0) is 56.4 Å². The number of carbonyl (C=O) groups excluding carboxylic acids is 2. The smallest absolute Gasteiger partial charge is 0.331 e. The van der Waals surface area contributed by atoms with Crippen LogP contribution in [0.2, 0.25) is 0 Å². The molecule has 0 radical (unpaired) electrons. The Balaban J connectivity index is 1.85. The number of esters is 2. The van der Waals surface area contributed by atoms with Gasteiger partial charge in [0.25, 0.3) is 0 Å². The summed E-state index contributed by atoms with van der Waals surface area (Å²) in [5, 5.41) is 9.58. The molecule has 0 amide bonds. The molecule has 1 aliphatic carbocycles. The summed E-state index contributed by atoms with van der Waals surface area (Å²) in [6, 6.07) is 4.79. The van der Waals surface area contributed by atoms with Crippen LogP contribution in [0.4, 0.5) is 0 Å². The van der Waals surface area contributed by atoms with Crippen molar-refractivity contribution in [1.29, 1.82) is 0 Å². The van der Waals surface area contributed by atoms with Crippen LogP contribution in [0.25, 0.3) is 6.08 Å². The van der Waals surface area contributed by atoms with Gasteiger partial charge in [0.15, 0.2) is 11.5 Å². The van der Waals surface area contributed by atoms with E-state index in [-0.39, 0.29) is 24.4 Å². The molecule has 1 fully saturated rings. The van der Waals surface area contributed by atoms with Crippen LogP contribution >= 0.6 is 0 Å². The third kappa shape index (κ3) is 5.61. The fraction of sp³-hybridized carbons (Fsp3) is 0.429. The van der Waals surface area contributed by atoms with Crippen molar-refractivity contribution in [2.45, 2.75) is 38.7 Å². The van der Waals surface area contributed by atoms with Gasteiger partial charge in [-0.25, -0.2) is 4.79 Å². The van der Waals surface area contributed by atoms with Crippen LogP contribution in [0.3, 0.4) is 0 Å². The van der Waals surface area contributed by atoms with Gasteiger partial charge in [0.2, 0.25) is 0 Å². The number of benzene rings is 1. The normalized spacial score (nSPS) is 22.2. The van der Waals surface area contributed by atoms with E-state index < -0.39 is 11.4 Å². The van der Waals surface area contributed by atoms with E-state index in [1.807, 2.05) is 6.92 Å². The maximum Gasteiger partial charge on any atom is 0.331 e. The van der Waals surface area contributed by atoms with Crippen LogP contribution in [0.1, 0.15) is 38.2 Å². The van der Waals surface area contributed by atoms with Crippen molar-refractivity contribution >= 4 is 18.0 Å². The van der Waals surface area contributed by atoms with Gasteiger partial charge in [-0.3, -0.25) is 4.79 Å². The zero-order valence-electron chi connectivity index (χ0n) is 15.8. The lowest BCUT2D eigenvalue weighted by molar-refractivity contribution is -0.158. The molecule has 1 saturated carbocycles. The summed E-state index contributed by atoms with van der Waals surface area (Å²) >= 11 is 0. The largest absolute Gasteiger partial charge is 0.504 e. The zero-order chi connectivity index (χ0) is 19.9. The van der Waals surface area contributed by atoms with Gasteiger partial charge < -0.3 is 19.3 Å². The third-order valence-electron chi connectivity index (χ3n) is 4.76. The Morgan fingerprint density at radius 2 is 2.04 bits per heavy atom. The van der Waals surface area contributed by atoms with Gasteiger partial charge in [0, 0.05) is 6.08 Å². The van der Waals surface area contributed by atoms with Crippen LogP contribution in [0.5, 0.6) is 11.5 Å². The van der Waals surface area contributed by atoms with Crippen molar-refractivity contribution in [2.75, 3.05) is 13.7 Å². The number of hydrogen-bond donors (Lipinski definition) is 1. The molecular weight excluding hydrogens is 348 g/mol. The quantitative estimate of drug-likeness (QED) is 0.446. The molecule has 6 heteroatoms. The Bertz CT molecular complexity index is 713. The molecule has 0 bridgehead atoms. The van der Waals surface area contributed by atoms with Gasteiger partial charge in [-0.1, -0.05) is 18.7 Å². The molecule has 0 unspecified atom stereocenters. The average molecular weight is 374 g/mol. The SMILES string of the molecule is C=CCOC(=O)C1(C)CCC(OC(=O)/C=C\c2ccc(O)c(OC)c2)CC1. The van der Waals surface area contributed by atoms with Crippen molar-refractivity contribution < 1.29 is 28.9 Å². The van der Waals surface area contributed by atoms with E-state index in [9.17, 15) is 14.7 Å². The Labute approximate surface area is 159 Å². The van der Waals surface area contributed by atoms with E-state index in [0.29, 0.717) is 37.0 Å². The van der Waals surface area contributed by atoms with E-state index in [1.54, 1.807) is 24.3 Å². The summed E-state index contributed by atoms with van der Waals surface area (Å²) in [7, 11) is 1.46. The van der Waals surface area contributed by atoms with Crippen molar-refractivity contribution in [1.82, 2.24) is 0 Å². The lowest BCUT2D eigenvalue weighted by atomic mass is 9.74. The molecule has 6 nitrogen and oxygen atoms in total. The van der Waals surface area contributed by atoms with Crippen LogP contribution in [0.15, 0.2) is 36.9 Å². The Morgan fingerprint density at radius 1 is 1.33 bits per heavy atom. The van der Waals surface area contributed by atoms with Gasteiger partial charge in [-0.2, -0.15) is 0 Å². The molecule has 1 aliphatic rings. The highest BCUT2D eigenvalue weighted by molar-refractivity contribution is 5.87. The molecule has 2 rings (SSSR count). The monoisotopic (exact) mass is 374 g/mol. The fourth-order valence-corrected chi connectivity index (χ4v) is 3.02. The number of aromatic hydroxyl groups is 1. The van der Waals surface area contributed by atoms with E-state index in [4.69, 9.17) is 14.2 Å². The van der Waals surface area contributed by atoms with Crippen LogP contribution < -0.4 is 4.74 Å². The number of phenolic OH excluding ortho intramolecular Hbond substituents is 1. The first kappa shape index (κ1) is 20.6. The number of carbonyl (C=O) groups is 2. The highest BCUT2D eigenvalue weighted by atomic mass is 16.5. The first-order valence-electron chi connectivity index (χ1n) is 8.92. The third-order valence-corrected chi connectivity index (χ3v) is 4.76.